The number of amides is 1. The van der Waals surface area contributed by atoms with Gasteiger partial charge >= 0.3 is 0 Å². The zero-order valence-corrected chi connectivity index (χ0v) is 17.0. The van der Waals surface area contributed by atoms with Crippen LogP contribution in [0.3, 0.4) is 0 Å². The second-order valence-corrected chi connectivity index (χ2v) is 8.15. The number of furan rings is 1. The highest BCUT2D eigenvalue weighted by Crippen LogP contribution is 2.28. The Kier molecular flexibility index (Phi) is 6.32. The zero-order valence-electron chi connectivity index (χ0n) is 16.2. The van der Waals surface area contributed by atoms with Crippen LogP contribution in [-0.2, 0) is 11.3 Å². The van der Waals surface area contributed by atoms with E-state index in [1.165, 1.54) is 30.0 Å². The van der Waals surface area contributed by atoms with E-state index in [4.69, 9.17) is 4.42 Å². The van der Waals surface area contributed by atoms with Crippen molar-refractivity contribution in [3.05, 3.63) is 52.8 Å². The average Bonchev–Trinajstić information content (AvgIpc) is 3.32. The molecule has 0 aliphatic carbocycles. The number of nitrogens with one attached hydrogen (secondary N) is 1. The van der Waals surface area contributed by atoms with Gasteiger partial charge in [-0.3, -0.25) is 19.5 Å². The summed E-state index contributed by atoms with van der Waals surface area (Å²) in [4.78, 5) is 23.0. The van der Waals surface area contributed by atoms with Gasteiger partial charge in [0.15, 0.2) is 16.7 Å². The van der Waals surface area contributed by atoms with E-state index in [2.05, 4.69) is 29.4 Å². The fourth-order valence-corrected chi connectivity index (χ4v) is 3.50. The predicted molar refractivity (Wildman–Crippen MR) is 110 cm³/mol. The quantitative estimate of drug-likeness (QED) is 0.332. The fraction of sp³-hybridized carbons (Fsp3) is 0.316. The normalized spacial score (nSPS) is 12.1. The van der Waals surface area contributed by atoms with Gasteiger partial charge in [-0.15, -0.1) is 10.2 Å². The summed E-state index contributed by atoms with van der Waals surface area (Å²) in [6, 6.07) is 9.43. The maximum atomic E-state index is 12.6. The minimum absolute atomic E-state index is 0.0807. The van der Waals surface area contributed by atoms with E-state index in [0.717, 1.165) is 0 Å². The minimum atomic E-state index is -0.502. The van der Waals surface area contributed by atoms with Gasteiger partial charge in [-0.05, 0) is 31.0 Å². The predicted octanol–water partition coefficient (Wildman–Crippen LogP) is 4.22. The van der Waals surface area contributed by atoms with Gasteiger partial charge in [-0.1, -0.05) is 31.7 Å². The van der Waals surface area contributed by atoms with Crippen LogP contribution in [0.2, 0.25) is 0 Å². The molecule has 1 aromatic carbocycles. The Morgan fingerprint density at radius 3 is 2.72 bits per heavy atom. The first kappa shape index (κ1) is 20.6. The van der Waals surface area contributed by atoms with Crippen LogP contribution in [0.15, 0.2) is 52.2 Å². The lowest BCUT2D eigenvalue weighted by molar-refractivity contribution is -0.384. The molecule has 2 aromatic heterocycles. The van der Waals surface area contributed by atoms with Crippen molar-refractivity contribution < 1.29 is 14.1 Å². The van der Waals surface area contributed by atoms with Crippen molar-refractivity contribution >= 4 is 29.0 Å². The molecule has 1 atom stereocenters. The van der Waals surface area contributed by atoms with E-state index in [-0.39, 0.29) is 11.6 Å². The first-order chi connectivity index (χ1) is 13.8. The zero-order chi connectivity index (χ0) is 21.0. The van der Waals surface area contributed by atoms with Crippen LogP contribution in [0.25, 0.3) is 11.6 Å². The van der Waals surface area contributed by atoms with Gasteiger partial charge in [0.2, 0.25) is 5.91 Å². The smallest absolute Gasteiger partial charge is 0.271 e. The number of nitrogens with zero attached hydrogens (tertiary/aromatic N) is 4. The Morgan fingerprint density at radius 1 is 1.28 bits per heavy atom. The number of carbonyl (C=O) groups excluding carboxylic acids is 1. The standard InChI is InChI=1S/C19H21N5O4S/c1-12(2)11-23-17(16-8-5-9-28-16)21-22-19(23)29-13(3)18(25)20-14-6-4-7-15(10-14)24(26)27/h4-10,12-13H,11H2,1-3H3,(H,20,25). The van der Waals surface area contributed by atoms with Gasteiger partial charge < -0.3 is 9.73 Å². The lowest BCUT2D eigenvalue weighted by Crippen LogP contribution is -2.23. The molecule has 0 aliphatic rings. The van der Waals surface area contributed by atoms with Crippen molar-refractivity contribution in [3.63, 3.8) is 0 Å². The number of thioether (sulfide) groups is 1. The van der Waals surface area contributed by atoms with Crippen LogP contribution in [0.5, 0.6) is 0 Å². The third-order valence-electron chi connectivity index (χ3n) is 3.98. The van der Waals surface area contributed by atoms with Crippen molar-refractivity contribution in [2.45, 2.75) is 37.7 Å². The molecule has 0 aliphatic heterocycles. The van der Waals surface area contributed by atoms with Crippen molar-refractivity contribution in [1.29, 1.82) is 0 Å². The van der Waals surface area contributed by atoms with E-state index in [0.29, 0.717) is 34.9 Å². The Labute approximate surface area is 171 Å². The number of anilines is 1. The molecule has 3 rings (SSSR count). The Bertz CT molecular complexity index is 1000. The van der Waals surface area contributed by atoms with Crippen LogP contribution >= 0.6 is 11.8 Å². The number of aromatic nitrogens is 3. The summed E-state index contributed by atoms with van der Waals surface area (Å²) in [5.74, 6) is 1.28. The number of hydrogen-bond donors (Lipinski definition) is 1. The van der Waals surface area contributed by atoms with Crippen LogP contribution in [0.1, 0.15) is 20.8 Å². The molecule has 1 unspecified atom stereocenters. The van der Waals surface area contributed by atoms with Gasteiger partial charge in [-0.25, -0.2) is 0 Å². The van der Waals surface area contributed by atoms with E-state index in [1.807, 2.05) is 10.6 Å². The summed E-state index contributed by atoms with van der Waals surface area (Å²) in [6.07, 6.45) is 1.58. The summed E-state index contributed by atoms with van der Waals surface area (Å²) in [5.41, 5.74) is 0.291. The van der Waals surface area contributed by atoms with Crippen molar-refractivity contribution in [3.8, 4) is 11.6 Å². The highest BCUT2D eigenvalue weighted by Gasteiger charge is 2.22. The topological polar surface area (TPSA) is 116 Å². The Hall–Kier alpha value is -3.14. The number of nitro benzene ring substituents is 1. The second-order valence-electron chi connectivity index (χ2n) is 6.84. The molecule has 0 fully saturated rings. The molecule has 0 saturated heterocycles. The largest absolute Gasteiger partial charge is 0.461 e. The highest BCUT2D eigenvalue weighted by atomic mass is 32.2. The molecule has 9 nitrogen and oxygen atoms in total. The molecule has 29 heavy (non-hydrogen) atoms. The molecule has 10 heteroatoms. The van der Waals surface area contributed by atoms with E-state index < -0.39 is 10.2 Å². The molecule has 0 radical (unpaired) electrons. The summed E-state index contributed by atoms with van der Waals surface area (Å²) in [5, 5.41) is 22.2. The van der Waals surface area contributed by atoms with Gasteiger partial charge in [-0.2, -0.15) is 0 Å². The summed E-state index contributed by atoms with van der Waals surface area (Å²) in [6.45, 7) is 6.58. The maximum absolute atomic E-state index is 12.6. The molecule has 152 valence electrons. The highest BCUT2D eigenvalue weighted by molar-refractivity contribution is 8.00. The van der Waals surface area contributed by atoms with Crippen molar-refractivity contribution in [1.82, 2.24) is 14.8 Å². The van der Waals surface area contributed by atoms with E-state index in [1.54, 1.807) is 25.3 Å². The second kappa shape index (κ2) is 8.91. The third kappa shape index (κ3) is 5.02. The molecule has 0 spiro atoms. The number of carbonyl (C=O) groups is 1. The van der Waals surface area contributed by atoms with Gasteiger partial charge in [0.1, 0.15) is 0 Å². The third-order valence-corrected chi connectivity index (χ3v) is 5.06. The fourth-order valence-electron chi connectivity index (χ4n) is 2.65. The lowest BCUT2D eigenvalue weighted by atomic mass is 10.2. The average molecular weight is 415 g/mol. The van der Waals surface area contributed by atoms with Crippen LogP contribution in [0, 0.1) is 16.0 Å². The first-order valence-corrected chi connectivity index (χ1v) is 9.92. The SMILES string of the molecule is CC(C)Cn1c(SC(C)C(=O)Nc2cccc([N+](=O)[O-])c2)nnc1-c1ccco1. The molecular formula is C19H21N5O4S. The Morgan fingerprint density at radius 2 is 2.07 bits per heavy atom. The molecule has 3 aromatic rings. The van der Waals surface area contributed by atoms with Crippen molar-refractivity contribution in [2.24, 2.45) is 5.92 Å². The molecule has 0 saturated carbocycles. The molecule has 1 N–H and O–H groups in total. The van der Waals surface area contributed by atoms with E-state index >= 15 is 0 Å². The van der Waals surface area contributed by atoms with Gasteiger partial charge in [0.25, 0.3) is 5.69 Å². The number of benzene rings is 1. The minimum Gasteiger partial charge on any atom is -0.461 e. The summed E-state index contributed by atoms with van der Waals surface area (Å²) in [7, 11) is 0. The van der Waals surface area contributed by atoms with Crippen LogP contribution < -0.4 is 5.32 Å². The number of rotatable bonds is 8. The number of non-ortho nitro benzene ring substituents is 1. The summed E-state index contributed by atoms with van der Waals surface area (Å²) < 4.78 is 7.39. The molecule has 0 bridgehead atoms. The number of hydrogen-bond acceptors (Lipinski definition) is 7. The Balaban J connectivity index is 1.76. The number of nitro groups is 1. The monoisotopic (exact) mass is 415 g/mol. The van der Waals surface area contributed by atoms with Crippen LogP contribution in [-0.4, -0.2) is 30.8 Å². The van der Waals surface area contributed by atoms with E-state index in [9.17, 15) is 14.9 Å². The lowest BCUT2D eigenvalue weighted by Gasteiger charge is -2.14. The van der Waals surface area contributed by atoms with Crippen LogP contribution in [0.4, 0.5) is 11.4 Å². The summed E-state index contributed by atoms with van der Waals surface area (Å²) >= 11 is 1.27. The first-order valence-electron chi connectivity index (χ1n) is 9.04. The maximum Gasteiger partial charge on any atom is 0.271 e. The molecular weight excluding hydrogens is 394 g/mol. The van der Waals surface area contributed by atoms with Crippen molar-refractivity contribution in [2.75, 3.05) is 5.32 Å². The van der Waals surface area contributed by atoms with Gasteiger partial charge in [0, 0.05) is 24.4 Å². The molecule has 2 heterocycles. The molecule has 1 amide bonds. The van der Waals surface area contributed by atoms with Gasteiger partial charge in [0.05, 0.1) is 16.4 Å².